The van der Waals surface area contributed by atoms with E-state index in [-0.39, 0.29) is 18.3 Å². The molecule has 3 nitrogen and oxygen atoms in total. The zero-order chi connectivity index (χ0) is 11.8. The van der Waals surface area contributed by atoms with Gasteiger partial charge in [-0.25, -0.2) is 0 Å². The molecule has 17 heavy (non-hydrogen) atoms. The number of carbonyl (C=O) groups excluding carboxylic acids is 1. The maximum atomic E-state index is 11.7. The zero-order valence-corrected chi connectivity index (χ0v) is 11.8. The first-order valence-corrected chi connectivity index (χ1v) is 6.63. The molecule has 0 atom stereocenters. The molecule has 1 aromatic carbocycles. The summed E-state index contributed by atoms with van der Waals surface area (Å²) in [5.74, 6) is -0.00874. The number of rotatable bonds is 6. The summed E-state index contributed by atoms with van der Waals surface area (Å²) >= 11 is 1.67. The number of likely N-dealkylation sites (N-methyl/N-ethyl adjacent to an activating group) is 1. The predicted octanol–water partition coefficient (Wildman–Crippen LogP) is 2.17. The maximum Gasteiger partial charge on any atom is 0.251 e. The van der Waals surface area contributed by atoms with Crippen LogP contribution in [-0.4, -0.2) is 31.8 Å². The molecule has 2 N–H and O–H groups in total. The van der Waals surface area contributed by atoms with Crippen LogP contribution in [0.15, 0.2) is 29.2 Å². The number of halogens is 1. The fourth-order valence-electron chi connectivity index (χ4n) is 1.29. The van der Waals surface area contributed by atoms with Crippen molar-refractivity contribution in [1.82, 2.24) is 10.6 Å². The van der Waals surface area contributed by atoms with E-state index in [1.54, 1.807) is 11.8 Å². The molecule has 0 saturated heterocycles. The molecule has 0 bridgehead atoms. The molecule has 1 amide bonds. The van der Waals surface area contributed by atoms with Crippen LogP contribution in [0, 0.1) is 0 Å². The van der Waals surface area contributed by atoms with Crippen LogP contribution >= 0.6 is 24.2 Å². The van der Waals surface area contributed by atoms with Crippen molar-refractivity contribution in [3.05, 3.63) is 29.8 Å². The molecule has 0 aliphatic rings. The molecule has 0 spiro atoms. The van der Waals surface area contributed by atoms with Crippen molar-refractivity contribution >= 4 is 30.1 Å². The van der Waals surface area contributed by atoms with Crippen LogP contribution in [0.5, 0.6) is 0 Å². The van der Waals surface area contributed by atoms with E-state index >= 15 is 0 Å². The summed E-state index contributed by atoms with van der Waals surface area (Å²) in [5, 5.41) is 6.02. The maximum absolute atomic E-state index is 11.7. The number of thioether (sulfide) groups is 1. The Morgan fingerprint density at radius 2 is 1.88 bits per heavy atom. The lowest BCUT2D eigenvalue weighted by atomic mass is 10.2. The van der Waals surface area contributed by atoms with Gasteiger partial charge >= 0.3 is 0 Å². The molecule has 96 valence electrons. The lowest BCUT2D eigenvalue weighted by molar-refractivity contribution is 0.0954. The van der Waals surface area contributed by atoms with E-state index in [1.807, 2.05) is 37.4 Å². The zero-order valence-electron chi connectivity index (χ0n) is 10.2. The Labute approximate surface area is 113 Å². The van der Waals surface area contributed by atoms with Gasteiger partial charge in [0.25, 0.3) is 5.91 Å². The lowest BCUT2D eigenvalue weighted by Crippen LogP contribution is -2.31. The summed E-state index contributed by atoms with van der Waals surface area (Å²) in [5.41, 5.74) is 0.717. The van der Waals surface area contributed by atoms with E-state index in [1.165, 1.54) is 4.90 Å². The van der Waals surface area contributed by atoms with Gasteiger partial charge in [-0.1, -0.05) is 6.92 Å². The summed E-state index contributed by atoms with van der Waals surface area (Å²) in [6, 6.07) is 7.64. The fourth-order valence-corrected chi connectivity index (χ4v) is 1.69. The number of hydrogen-bond donors (Lipinski definition) is 2. The van der Waals surface area contributed by atoms with Crippen LogP contribution in [0.25, 0.3) is 0 Å². The fraction of sp³-hybridized carbons (Fsp3) is 0.417. The molecule has 0 radical (unpaired) electrons. The smallest absolute Gasteiger partial charge is 0.251 e. The van der Waals surface area contributed by atoms with Crippen LogP contribution in [0.4, 0.5) is 0 Å². The van der Waals surface area contributed by atoms with Crippen LogP contribution in [0.2, 0.25) is 0 Å². The third-order valence-electron chi connectivity index (χ3n) is 2.19. The Morgan fingerprint density at radius 1 is 1.24 bits per heavy atom. The molecule has 0 aliphatic carbocycles. The molecule has 1 aromatic rings. The summed E-state index contributed by atoms with van der Waals surface area (Å²) < 4.78 is 0. The van der Waals surface area contributed by atoms with Crippen LogP contribution in [-0.2, 0) is 0 Å². The first-order chi connectivity index (χ1) is 7.77. The number of benzene rings is 1. The van der Waals surface area contributed by atoms with Gasteiger partial charge in [-0.05, 0) is 37.1 Å². The normalized spacial score (nSPS) is 9.53. The summed E-state index contributed by atoms with van der Waals surface area (Å²) in [4.78, 5) is 12.8. The van der Waals surface area contributed by atoms with Gasteiger partial charge in [0.05, 0.1) is 0 Å². The van der Waals surface area contributed by atoms with Gasteiger partial charge in [0, 0.05) is 23.5 Å². The van der Waals surface area contributed by atoms with Gasteiger partial charge in [0.2, 0.25) is 0 Å². The van der Waals surface area contributed by atoms with E-state index in [0.717, 1.165) is 13.1 Å². The van der Waals surface area contributed by atoms with Gasteiger partial charge < -0.3 is 10.6 Å². The molecule has 0 aliphatic heterocycles. The highest BCUT2D eigenvalue weighted by Crippen LogP contribution is 2.14. The molecule has 0 unspecified atom stereocenters. The van der Waals surface area contributed by atoms with Crippen molar-refractivity contribution in [2.45, 2.75) is 11.8 Å². The van der Waals surface area contributed by atoms with Crippen LogP contribution in [0.3, 0.4) is 0 Å². The van der Waals surface area contributed by atoms with Gasteiger partial charge in [-0.2, -0.15) is 0 Å². The molecule has 0 aromatic heterocycles. The Kier molecular flexibility index (Phi) is 8.94. The minimum absolute atomic E-state index is 0. The molecule has 1 rings (SSSR count). The molecule has 5 heteroatoms. The van der Waals surface area contributed by atoms with Crippen molar-refractivity contribution in [3.8, 4) is 0 Å². The van der Waals surface area contributed by atoms with Crippen LogP contribution in [0.1, 0.15) is 17.3 Å². The van der Waals surface area contributed by atoms with Gasteiger partial charge in [-0.15, -0.1) is 24.2 Å². The van der Waals surface area contributed by atoms with E-state index in [0.29, 0.717) is 12.1 Å². The van der Waals surface area contributed by atoms with Crippen molar-refractivity contribution in [1.29, 1.82) is 0 Å². The second kappa shape index (κ2) is 9.33. The van der Waals surface area contributed by atoms with Crippen LogP contribution < -0.4 is 10.6 Å². The van der Waals surface area contributed by atoms with Crippen molar-refractivity contribution in [2.75, 3.05) is 25.9 Å². The minimum atomic E-state index is -0.00874. The lowest BCUT2D eigenvalue weighted by Gasteiger charge is -2.05. The SMILES string of the molecule is CCNCCNC(=O)c1ccc(SC)cc1.Cl. The molecule has 0 heterocycles. The quantitative estimate of drug-likeness (QED) is 0.617. The van der Waals surface area contributed by atoms with E-state index < -0.39 is 0 Å². The van der Waals surface area contributed by atoms with Crippen molar-refractivity contribution < 1.29 is 4.79 Å². The Balaban J connectivity index is 0.00000256. The molecular formula is C12H19ClN2OS. The number of hydrogen-bond acceptors (Lipinski definition) is 3. The Bertz CT molecular complexity index is 330. The number of nitrogens with one attached hydrogen (secondary N) is 2. The Hall–Kier alpha value is -0.710. The van der Waals surface area contributed by atoms with Gasteiger partial charge in [0.15, 0.2) is 0 Å². The third kappa shape index (κ3) is 5.96. The molecule has 0 saturated carbocycles. The summed E-state index contributed by atoms with van der Waals surface area (Å²) in [7, 11) is 0. The molecular weight excluding hydrogens is 256 g/mol. The third-order valence-corrected chi connectivity index (χ3v) is 2.93. The van der Waals surface area contributed by atoms with Crippen molar-refractivity contribution in [2.24, 2.45) is 0 Å². The first-order valence-electron chi connectivity index (χ1n) is 5.41. The monoisotopic (exact) mass is 274 g/mol. The highest BCUT2D eigenvalue weighted by Gasteiger charge is 2.03. The molecule has 0 fully saturated rings. The van der Waals surface area contributed by atoms with E-state index in [4.69, 9.17) is 0 Å². The topological polar surface area (TPSA) is 41.1 Å². The highest BCUT2D eigenvalue weighted by molar-refractivity contribution is 7.98. The van der Waals surface area contributed by atoms with Gasteiger partial charge in [0.1, 0.15) is 0 Å². The summed E-state index contributed by atoms with van der Waals surface area (Å²) in [6.07, 6.45) is 2.02. The van der Waals surface area contributed by atoms with E-state index in [9.17, 15) is 4.79 Å². The predicted molar refractivity (Wildman–Crippen MR) is 76.3 cm³/mol. The standard InChI is InChI=1S/C12H18N2OS.ClH/c1-3-13-8-9-14-12(15)10-4-6-11(16-2)7-5-10;/h4-7,13H,3,8-9H2,1-2H3,(H,14,15);1H. The summed E-state index contributed by atoms with van der Waals surface area (Å²) in [6.45, 7) is 4.45. The Morgan fingerprint density at radius 3 is 2.41 bits per heavy atom. The largest absolute Gasteiger partial charge is 0.351 e. The van der Waals surface area contributed by atoms with E-state index in [2.05, 4.69) is 10.6 Å². The second-order valence-electron chi connectivity index (χ2n) is 3.34. The average Bonchev–Trinajstić information content (AvgIpc) is 2.34. The number of amides is 1. The highest BCUT2D eigenvalue weighted by atomic mass is 35.5. The number of carbonyl (C=O) groups is 1. The minimum Gasteiger partial charge on any atom is -0.351 e. The van der Waals surface area contributed by atoms with Crippen molar-refractivity contribution in [3.63, 3.8) is 0 Å². The second-order valence-corrected chi connectivity index (χ2v) is 4.22. The van der Waals surface area contributed by atoms with Gasteiger partial charge in [-0.3, -0.25) is 4.79 Å². The average molecular weight is 275 g/mol. The first kappa shape index (κ1) is 16.3.